The second-order valence-corrected chi connectivity index (χ2v) is 4.54. The predicted octanol–water partition coefficient (Wildman–Crippen LogP) is 3.11. The Morgan fingerprint density at radius 1 is 1.16 bits per heavy atom. The van der Waals surface area contributed by atoms with Crippen LogP contribution in [0, 0.1) is 5.82 Å². The van der Waals surface area contributed by atoms with Crippen LogP contribution < -0.4 is 0 Å². The van der Waals surface area contributed by atoms with Gasteiger partial charge in [0.15, 0.2) is 4.87 Å². The lowest BCUT2D eigenvalue weighted by Crippen LogP contribution is -2.41. The van der Waals surface area contributed by atoms with Gasteiger partial charge in [-0.15, -0.1) is 11.6 Å². The Labute approximate surface area is 110 Å². The third kappa shape index (κ3) is 2.70. The molecule has 3 nitrogen and oxygen atoms in total. The highest BCUT2D eigenvalue weighted by molar-refractivity contribution is 6.24. The molecule has 1 unspecified atom stereocenters. The molecule has 0 saturated carbocycles. The summed E-state index contributed by atoms with van der Waals surface area (Å²) < 4.78 is 53.4. The molecule has 0 amide bonds. The van der Waals surface area contributed by atoms with Gasteiger partial charge in [-0.25, -0.2) is 9.37 Å². The second-order valence-electron chi connectivity index (χ2n) is 3.90. The van der Waals surface area contributed by atoms with Gasteiger partial charge in [0.25, 0.3) is 0 Å². The van der Waals surface area contributed by atoms with E-state index in [0.29, 0.717) is 0 Å². The Morgan fingerprint density at radius 2 is 1.79 bits per heavy atom. The standard InChI is InChI=1S/C11H8ClF4N3/c12-10(11(14,15)16,5-19-7-17-6-18-19)8-1-3-9(13)4-2-8/h1-4,6-7H,5H2. The Kier molecular flexibility index (Phi) is 3.49. The molecular formula is C11H8ClF4N3. The first-order chi connectivity index (χ1) is 8.83. The molecule has 1 aromatic carbocycles. The lowest BCUT2D eigenvalue weighted by atomic mass is 9.97. The van der Waals surface area contributed by atoms with Gasteiger partial charge in [-0.2, -0.15) is 18.3 Å². The number of hydrogen-bond donors (Lipinski definition) is 0. The lowest BCUT2D eigenvalue weighted by molar-refractivity contribution is -0.169. The maximum absolute atomic E-state index is 13.2. The minimum atomic E-state index is -4.72. The summed E-state index contributed by atoms with van der Waals surface area (Å²) in [6, 6.07) is 3.87. The largest absolute Gasteiger partial charge is 0.413 e. The molecule has 1 aromatic heterocycles. The van der Waals surface area contributed by atoms with Crippen molar-refractivity contribution in [3.63, 3.8) is 0 Å². The number of benzene rings is 1. The first kappa shape index (κ1) is 13.8. The van der Waals surface area contributed by atoms with Gasteiger partial charge in [-0.05, 0) is 17.7 Å². The highest BCUT2D eigenvalue weighted by Gasteiger charge is 2.55. The van der Waals surface area contributed by atoms with Crippen molar-refractivity contribution >= 4 is 11.6 Å². The number of halogens is 5. The number of rotatable bonds is 3. The summed E-state index contributed by atoms with van der Waals surface area (Å²) in [4.78, 5) is 0.876. The van der Waals surface area contributed by atoms with E-state index in [0.717, 1.165) is 41.6 Å². The summed E-state index contributed by atoms with van der Waals surface area (Å²) in [5, 5.41) is 3.60. The van der Waals surface area contributed by atoms with Crippen molar-refractivity contribution in [2.24, 2.45) is 0 Å². The molecule has 19 heavy (non-hydrogen) atoms. The zero-order valence-electron chi connectivity index (χ0n) is 9.40. The average molecular weight is 294 g/mol. The van der Waals surface area contributed by atoms with Gasteiger partial charge in [0, 0.05) is 0 Å². The van der Waals surface area contributed by atoms with Crippen molar-refractivity contribution in [2.45, 2.75) is 17.6 Å². The third-order valence-electron chi connectivity index (χ3n) is 2.60. The molecule has 1 heterocycles. The van der Waals surface area contributed by atoms with Crippen LogP contribution in [0.2, 0.25) is 0 Å². The molecule has 0 aliphatic heterocycles. The predicted molar refractivity (Wildman–Crippen MR) is 60.0 cm³/mol. The Morgan fingerprint density at radius 3 is 2.26 bits per heavy atom. The monoisotopic (exact) mass is 293 g/mol. The average Bonchev–Trinajstić information content (AvgIpc) is 2.81. The van der Waals surface area contributed by atoms with E-state index in [9.17, 15) is 17.6 Å². The van der Waals surface area contributed by atoms with Crippen LogP contribution in [0.1, 0.15) is 5.56 Å². The molecule has 0 spiro atoms. The minimum absolute atomic E-state index is 0.251. The summed E-state index contributed by atoms with van der Waals surface area (Å²) in [6.45, 7) is -0.649. The van der Waals surface area contributed by atoms with E-state index in [1.54, 1.807) is 0 Å². The fourth-order valence-corrected chi connectivity index (χ4v) is 1.84. The molecule has 0 fully saturated rings. The summed E-state index contributed by atoms with van der Waals surface area (Å²) in [7, 11) is 0. The molecule has 0 radical (unpaired) electrons. The van der Waals surface area contributed by atoms with Gasteiger partial charge in [0.1, 0.15) is 18.5 Å². The Bertz CT molecular complexity index is 538. The number of hydrogen-bond acceptors (Lipinski definition) is 2. The second kappa shape index (κ2) is 4.80. The van der Waals surface area contributed by atoms with Crippen molar-refractivity contribution in [3.05, 3.63) is 48.3 Å². The number of nitrogens with zero attached hydrogens (tertiary/aromatic N) is 3. The minimum Gasteiger partial charge on any atom is -0.250 e. The van der Waals surface area contributed by atoms with Crippen molar-refractivity contribution < 1.29 is 17.6 Å². The van der Waals surface area contributed by atoms with Crippen molar-refractivity contribution in [2.75, 3.05) is 0 Å². The molecule has 2 aromatic rings. The van der Waals surface area contributed by atoms with Crippen molar-refractivity contribution in [3.8, 4) is 0 Å². The zero-order valence-corrected chi connectivity index (χ0v) is 10.2. The van der Waals surface area contributed by atoms with E-state index >= 15 is 0 Å². The smallest absolute Gasteiger partial charge is 0.250 e. The first-order valence-electron chi connectivity index (χ1n) is 5.17. The number of aromatic nitrogens is 3. The highest BCUT2D eigenvalue weighted by atomic mass is 35.5. The first-order valence-corrected chi connectivity index (χ1v) is 5.55. The van der Waals surface area contributed by atoms with Crippen LogP contribution >= 0.6 is 11.6 Å². The van der Waals surface area contributed by atoms with Crippen LogP contribution in [-0.4, -0.2) is 20.9 Å². The van der Waals surface area contributed by atoms with Gasteiger partial charge in [0.05, 0.1) is 6.54 Å². The van der Waals surface area contributed by atoms with E-state index < -0.39 is 23.4 Å². The molecule has 0 aliphatic rings. The van der Waals surface area contributed by atoms with Crippen LogP contribution in [-0.2, 0) is 11.4 Å². The lowest BCUT2D eigenvalue weighted by Gasteiger charge is -2.29. The van der Waals surface area contributed by atoms with Gasteiger partial charge >= 0.3 is 6.18 Å². The molecule has 0 aliphatic carbocycles. The molecule has 102 valence electrons. The van der Waals surface area contributed by atoms with Crippen molar-refractivity contribution in [1.82, 2.24) is 14.8 Å². The van der Waals surface area contributed by atoms with E-state index in [-0.39, 0.29) is 5.56 Å². The maximum Gasteiger partial charge on any atom is 0.413 e. The van der Waals surface area contributed by atoms with E-state index in [1.165, 1.54) is 0 Å². The molecule has 1 atom stereocenters. The van der Waals surface area contributed by atoms with E-state index in [2.05, 4.69) is 10.1 Å². The van der Waals surface area contributed by atoms with Crippen LogP contribution in [0.15, 0.2) is 36.9 Å². The topological polar surface area (TPSA) is 30.7 Å². The highest BCUT2D eigenvalue weighted by Crippen LogP contribution is 2.45. The fraction of sp³-hybridized carbons (Fsp3) is 0.273. The molecule has 0 N–H and O–H groups in total. The summed E-state index contributed by atoms with van der Waals surface area (Å²) in [6.07, 6.45) is -2.48. The quantitative estimate of drug-likeness (QED) is 0.643. The van der Waals surface area contributed by atoms with Crippen LogP contribution in [0.4, 0.5) is 17.6 Å². The van der Waals surface area contributed by atoms with E-state index in [4.69, 9.17) is 11.6 Å². The molecule has 2 rings (SSSR count). The number of alkyl halides is 4. The van der Waals surface area contributed by atoms with Gasteiger partial charge in [-0.1, -0.05) is 12.1 Å². The van der Waals surface area contributed by atoms with Crippen LogP contribution in [0.25, 0.3) is 0 Å². The molecular weight excluding hydrogens is 286 g/mol. The zero-order chi connectivity index (χ0) is 14.1. The van der Waals surface area contributed by atoms with Crippen LogP contribution in [0.5, 0.6) is 0 Å². The molecule has 0 bridgehead atoms. The summed E-state index contributed by atoms with van der Waals surface area (Å²) in [5.41, 5.74) is -0.251. The fourth-order valence-electron chi connectivity index (χ4n) is 1.60. The van der Waals surface area contributed by atoms with Crippen LogP contribution in [0.3, 0.4) is 0 Å². The molecule has 8 heteroatoms. The SMILES string of the molecule is Fc1ccc(C(Cl)(Cn2cncn2)C(F)(F)F)cc1. The third-order valence-corrected chi connectivity index (χ3v) is 3.15. The van der Waals surface area contributed by atoms with E-state index in [1.807, 2.05) is 0 Å². The summed E-state index contributed by atoms with van der Waals surface area (Å²) >= 11 is 5.75. The maximum atomic E-state index is 13.2. The normalized spacial score (nSPS) is 15.2. The van der Waals surface area contributed by atoms with Gasteiger partial charge < -0.3 is 0 Å². The van der Waals surface area contributed by atoms with Gasteiger partial charge in [0.2, 0.25) is 0 Å². The Hall–Kier alpha value is -1.63. The Balaban J connectivity index is 2.43. The summed E-state index contributed by atoms with van der Waals surface area (Å²) in [5.74, 6) is -0.634. The van der Waals surface area contributed by atoms with Gasteiger partial charge in [-0.3, -0.25) is 4.68 Å². The molecule has 0 saturated heterocycles. The van der Waals surface area contributed by atoms with Crippen molar-refractivity contribution in [1.29, 1.82) is 0 Å².